The van der Waals surface area contributed by atoms with E-state index in [0.29, 0.717) is 7.35 Å². The maximum absolute atomic E-state index is 2.59. The number of fused-ring (bicyclic) bond motifs is 3. The molecule has 0 saturated heterocycles. The van der Waals surface area contributed by atoms with E-state index in [9.17, 15) is 0 Å². The van der Waals surface area contributed by atoms with Gasteiger partial charge in [0, 0.05) is 0 Å². The minimum atomic E-state index is -1.11. The summed E-state index contributed by atoms with van der Waals surface area (Å²) in [5.74, 6) is 0. The molecule has 0 amide bonds. The number of halogens is 2. The average molecular weight is 643 g/mol. The Morgan fingerprint density at radius 2 is 1.34 bits per heavy atom. The van der Waals surface area contributed by atoms with Crippen LogP contribution in [0, 0.1) is 0 Å². The topological polar surface area (TPSA) is 0 Å². The third kappa shape index (κ3) is 3.76. The molecule has 3 aliphatic rings. The molecule has 0 aromatic heterocycles. The van der Waals surface area contributed by atoms with Crippen molar-refractivity contribution >= 4 is 25.4 Å². The Hall–Kier alpha value is -2.48. The summed E-state index contributed by atoms with van der Waals surface area (Å²) in [6, 6.07) is 34.0. The summed E-state index contributed by atoms with van der Waals surface area (Å²) in [4.78, 5) is 0. The fourth-order valence-electron chi connectivity index (χ4n) is 5.75. The molecule has 4 aromatic rings. The van der Waals surface area contributed by atoms with Crippen molar-refractivity contribution in [3.05, 3.63) is 125 Å². The molecule has 0 spiro atoms. The fourth-order valence-corrected chi connectivity index (χ4v) is 16.5. The van der Waals surface area contributed by atoms with Gasteiger partial charge in [-0.2, -0.15) is 0 Å². The smallest absolute Gasteiger partial charge is 1.00 e. The van der Waals surface area contributed by atoms with Gasteiger partial charge in [-0.3, -0.25) is 0 Å². The second-order valence-electron chi connectivity index (χ2n) is 9.06. The Morgan fingerprint density at radius 3 is 2.17 bits per heavy atom. The zero-order valence-electron chi connectivity index (χ0n) is 19.3. The molecule has 2 bridgehead atoms. The minimum Gasteiger partial charge on any atom is -1.00 e. The first-order chi connectivity index (χ1) is 16.3. The van der Waals surface area contributed by atoms with Gasteiger partial charge in [-0.15, -0.1) is 0 Å². The third-order valence-corrected chi connectivity index (χ3v) is 17.0. The molecule has 1 heterocycles. The molecular formula is C31H23F2HfP. The molecule has 0 saturated carbocycles. The van der Waals surface area contributed by atoms with E-state index in [2.05, 4.69) is 116 Å². The molecule has 7 rings (SSSR count). The van der Waals surface area contributed by atoms with Crippen molar-refractivity contribution in [1.29, 1.82) is 0 Å². The van der Waals surface area contributed by atoms with Crippen LogP contribution in [0.25, 0.3) is 34.4 Å². The summed E-state index contributed by atoms with van der Waals surface area (Å²) in [6.07, 6.45) is 7.55. The van der Waals surface area contributed by atoms with E-state index in [4.69, 9.17) is 0 Å². The van der Waals surface area contributed by atoms with Crippen LogP contribution in [-0.4, -0.2) is 6.66 Å². The third-order valence-electron chi connectivity index (χ3n) is 7.34. The first-order valence-corrected chi connectivity index (χ1v) is 17.5. The van der Waals surface area contributed by atoms with Gasteiger partial charge in [0.25, 0.3) is 0 Å². The van der Waals surface area contributed by atoms with Gasteiger partial charge in [0.2, 0.25) is 0 Å². The van der Waals surface area contributed by atoms with Gasteiger partial charge in [0.05, 0.1) is 0 Å². The molecule has 3 atom stereocenters. The van der Waals surface area contributed by atoms with Crippen LogP contribution in [0.2, 0.25) is 0 Å². The molecule has 2 aliphatic carbocycles. The monoisotopic (exact) mass is 644 g/mol. The van der Waals surface area contributed by atoms with Crippen molar-refractivity contribution in [1.82, 2.24) is 0 Å². The first-order valence-electron chi connectivity index (χ1n) is 11.6. The molecule has 170 valence electrons. The van der Waals surface area contributed by atoms with Crippen LogP contribution >= 0.6 is 7.92 Å². The quantitative estimate of drug-likeness (QED) is 0.237. The van der Waals surface area contributed by atoms with E-state index < -0.39 is 22.9 Å². The Balaban J connectivity index is 0.00000127. The molecule has 0 N–H and O–H groups in total. The second kappa shape index (κ2) is 9.52. The fraction of sp³-hybridized carbons (Fsp3) is 0.0968. The van der Waals surface area contributed by atoms with E-state index in [1.54, 1.807) is 21.7 Å². The van der Waals surface area contributed by atoms with E-state index in [0.717, 1.165) is 0 Å². The largest absolute Gasteiger partial charge is 1.00 e. The Labute approximate surface area is 217 Å². The first kappa shape index (κ1) is 24.2. The predicted octanol–water partition coefficient (Wildman–Crippen LogP) is 2.03. The average Bonchev–Trinajstić information content (AvgIpc) is 3.42. The van der Waals surface area contributed by atoms with Crippen LogP contribution in [0.3, 0.4) is 0 Å². The Morgan fingerprint density at radius 1 is 0.657 bits per heavy atom. The summed E-state index contributed by atoms with van der Waals surface area (Å²) in [5.41, 5.74) is 11.8. The predicted molar refractivity (Wildman–Crippen MR) is 139 cm³/mol. The van der Waals surface area contributed by atoms with Gasteiger partial charge in [0.1, 0.15) is 0 Å². The van der Waals surface area contributed by atoms with Crippen LogP contribution in [0.4, 0.5) is 0 Å². The number of hydrogen-bond donors (Lipinski definition) is 0. The van der Waals surface area contributed by atoms with E-state index >= 15 is 0 Å². The summed E-state index contributed by atoms with van der Waals surface area (Å²) in [6.45, 7) is 2.50. The summed E-state index contributed by atoms with van der Waals surface area (Å²) in [7, 11) is -0.281. The van der Waals surface area contributed by atoms with Crippen LogP contribution in [0.15, 0.2) is 102 Å². The van der Waals surface area contributed by atoms with Crippen molar-refractivity contribution in [3.63, 3.8) is 0 Å². The van der Waals surface area contributed by atoms with Crippen molar-refractivity contribution in [2.45, 2.75) is 7.35 Å². The van der Waals surface area contributed by atoms with E-state index in [-0.39, 0.29) is 17.3 Å². The van der Waals surface area contributed by atoms with Gasteiger partial charge in [-0.25, -0.2) is 0 Å². The Bertz CT molecular complexity index is 1470. The van der Waals surface area contributed by atoms with Gasteiger partial charge < -0.3 is 9.41 Å². The molecule has 0 fully saturated rings. The normalized spacial score (nSPS) is 19.9. The molecule has 4 heteroatoms. The van der Waals surface area contributed by atoms with Crippen molar-refractivity contribution in [3.8, 4) is 22.3 Å². The maximum atomic E-state index is 2.59. The van der Waals surface area contributed by atoms with Gasteiger partial charge in [-0.1, -0.05) is 0 Å². The molecule has 0 radical (unpaired) electrons. The molecule has 35 heavy (non-hydrogen) atoms. The molecule has 1 aliphatic heterocycles. The second-order valence-corrected chi connectivity index (χ2v) is 16.7. The minimum absolute atomic E-state index is 0. The van der Waals surface area contributed by atoms with Gasteiger partial charge in [0.15, 0.2) is 0 Å². The van der Waals surface area contributed by atoms with Crippen molar-refractivity contribution in [2.24, 2.45) is 0 Å². The van der Waals surface area contributed by atoms with Crippen molar-refractivity contribution < 1.29 is 32.3 Å². The van der Waals surface area contributed by atoms with Crippen molar-refractivity contribution in [2.75, 3.05) is 6.66 Å². The zero-order valence-corrected chi connectivity index (χ0v) is 23.7. The van der Waals surface area contributed by atoms with Gasteiger partial charge >= 0.3 is 209 Å². The van der Waals surface area contributed by atoms with E-state index in [1.807, 2.05) is 0 Å². The van der Waals surface area contributed by atoms with Crippen LogP contribution in [0.1, 0.15) is 29.6 Å². The molecule has 4 aromatic carbocycles. The maximum Gasteiger partial charge on any atom is -1.00 e. The number of hydrogen-bond acceptors (Lipinski definition) is 0. The van der Waals surface area contributed by atoms with E-state index in [1.165, 1.54) is 33.4 Å². The summed E-state index contributed by atoms with van der Waals surface area (Å²) >= 11 is -1.11. The summed E-state index contributed by atoms with van der Waals surface area (Å²) < 4.78 is 1.36. The molecule has 3 unspecified atom stereocenters. The van der Waals surface area contributed by atoms with Crippen LogP contribution in [-0.2, 0) is 22.9 Å². The number of benzene rings is 4. The molecule has 0 nitrogen and oxygen atoms in total. The number of rotatable bonds is 3. The van der Waals surface area contributed by atoms with Gasteiger partial charge in [-0.05, 0) is 0 Å². The standard InChI is InChI=1S/C16H12P.C15H11.2FH.Hf/c1-17-12-9-11-5-4-7-13(15(11)10-12)14-6-2-3-8-16(14)17;1-2-6-12(7-3-1)14-10-4-8-13-9-5-11-15(13)14;;;/h2-10H,1H3;1-11H;2*1H;/q;;;;+2/p-2. The van der Waals surface area contributed by atoms with Crippen LogP contribution < -0.4 is 14.7 Å². The Kier molecular flexibility index (Phi) is 6.59. The summed E-state index contributed by atoms with van der Waals surface area (Å²) in [5, 5.41) is 3.30. The SMILES string of the molecule is CP1C2=Cc3c(cccc3[CH]2[Hf+2][CH]2C=Cc3c(-c4ccccc4)cccc32)-c2ccccc21.[F-].[F-]. The zero-order chi connectivity index (χ0) is 21.9. The molecular weight excluding hydrogens is 620 g/mol. The number of allylic oxidation sites excluding steroid dienone is 2. The van der Waals surface area contributed by atoms with Crippen LogP contribution in [0.5, 0.6) is 0 Å².